The largest absolute Gasteiger partial charge is 0.228 e. The molecule has 10 aromatic rings. The highest BCUT2D eigenvalue weighted by Gasteiger charge is 2.36. The van der Waals surface area contributed by atoms with Gasteiger partial charge in [-0.15, -0.1) is 0 Å². The van der Waals surface area contributed by atoms with E-state index < -0.39 is 0 Å². The third kappa shape index (κ3) is 5.96. The van der Waals surface area contributed by atoms with Gasteiger partial charge in [0.2, 0.25) is 0 Å². The first kappa shape index (κ1) is 34.8. The predicted octanol–water partition coefficient (Wildman–Crippen LogP) is 15.1. The first-order valence-electron chi connectivity index (χ1n) is 20.4. The van der Waals surface area contributed by atoms with E-state index in [-0.39, 0.29) is 5.41 Å². The van der Waals surface area contributed by atoms with Crippen molar-refractivity contribution in [1.82, 2.24) is 9.97 Å². The number of rotatable bonds is 6. The van der Waals surface area contributed by atoms with Crippen molar-refractivity contribution < 1.29 is 0 Å². The molecule has 0 N–H and O–H groups in total. The van der Waals surface area contributed by atoms with E-state index in [0.29, 0.717) is 5.82 Å². The molecule has 1 aliphatic rings. The van der Waals surface area contributed by atoms with Crippen LogP contribution in [0.1, 0.15) is 25.0 Å². The fourth-order valence-electron chi connectivity index (χ4n) is 9.22. The number of aromatic nitrogens is 2. The van der Waals surface area contributed by atoms with E-state index in [0.717, 1.165) is 39.0 Å². The van der Waals surface area contributed by atoms with Gasteiger partial charge < -0.3 is 0 Å². The second-order valence-corrected chi connectivity index (χ2v) is 16.1. The summed E-state index contributed by atoms with van der Waals surface area (Å²) in [4.78, 5) is 10.5. The summed E-state index contributed by atoms with van der Waals surface area (Å²) in [7, 11) is 0. The van der Waals surface area contributed by atoms with Gasteiger partial charge in [0.1, 0.15) is 0 Å². The molecule has 0 radical (unpaired) electrons. The van der Waals surface area contributed by atoms with Crippen LogP contribution in [0, 0.1) is 0 Å². The van der Waals surface area contributed by atoms with E-state index >= 15 is 0 Å². The Labute approximate surface area is 345 Å². The molecule has 1 aliphatic carbocycles. The van der Waals surface area contributed by atoms with Crippen LogP contribution in [0.15, 0.2) is 206 Å². The Bertz CT molecular complexity index is 3100. The molecule has 0 spiro atoms. The fourth-order valence-corrected chi connectivity index (χ4v) is 9.22. The number of hydrogen-bond acceptors (Lipinski definition) is 2. The molecule has 2 nitrogen and oxygen atoms in total. The van der Waals surface area contributed by atoms with Crippen LogP contribution in [-0.4, -0.2) is 9.97 Å². The second-order valence-electron chi connectivity index (χ2n) is 16.1. The van der Waals surface area contributed by atoms with Crippen LogP contribution in [0.2, 0.25) is 0 Å². The average molecular weight is 753 g/mol. The molecule has 1 heterocycles. The number of hydrogen-bond donors (Lipinski definition) is 0. The third-order valence-corrected chi connectivity index (χ3v) is 12.3. The maximum absolute atomic E-state index is 5.32. The lowest BCUT2D eigenvalue weighted by molar-refractivity contribution is 0.661. The summed E-state index contributed by atoms with van der Waals surface area (Å²) in [5.74, 6) is 0.699. The molecule has 0 aliphatic heterocycles. The SMILES string of the molecule is CC1(C)c2cc(-c3ccc(-c4cc(-c5ccc(-c6ccccc6)cc5)nc(-c5ccc(-c6ccccc6)cc5)n4)c4ccccc34)ccc2-c2c1ccc1ccccc21. The Morgan fingerprint density at radius 2 is 0.814 bits per heavy atom. The van der Waals surface area contributed by atoms with Gasteiger partial charge in [0.15, 0.2) is 5.82 Å². The van der Waals surface area contributed by atoms with E-state index in [1.165, 1.54) is 66.2 Å². The Balaban J connectivity index is 1.04. The van der Waals surface area contributed by atoms with Crippen molar-refractivity contribution in [3.8, 4) is 78.4 Å². The molecule has 0 atom stereocenters. The van der Waals surface area contributed by atoms with Crippen LogP contribution in [-0.2, 0) is 5.41 Å². The van der Waals surface area contributed by atoms with E-state index in [4.69, 9.17) is 9.97 Å². The highest BCUT2D eigenvalue weighted by molar-refractivity contribution is 6.06. The second kappa shape index (κ2) is 13.9. The third-order valence-electron chi connectivity index (χ3n) is 12.3. The summed E-state index contributed by atoms with van der Waals surface area (Å²) in [5.41, 5.74) is 17.4. The van der Waals surface area contributed by atoms with Crippen LogP contribution in [0.25, 0.3) is 100.0 Å². The van der Waals surface area contributed by atoms with Crippen LogP contribution in [0.3, 0.4) is 0 Å². The Kier molecular flexibility index (Phi) is 8.20. The minimum atomic E-state index is -0.118. The lowest BCUT2D eigenvalue weighted by Crippen LogP contribution is -2.15. The molecular weight excluding hydrogens is 713 g/mol. The molecule has 9 aromatic carbocycles. The van der Waals surface area contributed by atoms with Gasteiger partial charge in [-0.3, -0.25) is 0 Å². The zero-order valence-electron chi connectivity index (χ0n) is 33.0. The molecule has 0 saturated carbocycles. The lowest BCUT2D eigenvalue weighted by atomic mass is 9.81. The van der Waals surface area contributed by atoms with Gasteiger partial charge in [-0.2, -0.15) is 0 Å². The maximum Gasteiger partial charge on any atom is 0.160 e. The summed E-state index contributed by atoms with van der Waals surface area (Å²) in [6.07, 6.45) is 0. The minimum absolute atomic E-state index is 0.118. The quantitative estimate of drug-likeness (QED) is 0.169. The number of nitrogens with zero attached hydrogens (tertiary/aromatic N) is 2. The molecular formula is C57H40N2. The molecule has 0 fully saturated rings. The van der Waals surface area contributed by atoms with Crippen molar-refractivity contribution in [2.45, 2.75) is 19.3 Å². The summed E-state index contributed by atoms with van der Waals surface area (Å²) < 4.78 is 0. The normalized spacial score (nSPS) is 12.7. The first-order valence-corrected chi connectivity index (χ1v) is 20.4. The van der Waals surface area contributed by atoms with Gasteiger partial charge in [0, 0.05) is 22.1 Å². The molecule has 0 bridgehead atoms. The van der Waals surface area contributed by atoms with Crippen molar-refractivity contribution in [1.29, 1.82) is 0 Å². The Hall–Kier alpha value is -7.42. The highest BCUT2D eigenvalue weighted by atomic mass is 14.9. The van der Waals surface area contributed by atoms with Crippen LogP contribution in [0.5, 0.6) is 0 Å². The van der Waals surface area contributed by atoms with Gasteiger partial charge in [-0.1, -0.05) is 208 Å². The molecule has 59 heavy (non-hydrogen) atoms. The van der Waals surface area contributed by atoms with E-state index in [1.54, 1.807) is 0 Å². The number of benzene rings is 9. The summed E-state index contributed by atoms with van der Waals surface area (Å²) in [6, 6.07) is 74.3. The molecule has 0 saturated heterocycles. The van der Waals surface area contributed by atoms with Gasteiger partial charge in [-0.05, 0) is 89.3 Å². The van der Waals surface area contributed by atoms with Crippen LogP contribution >= 0.6 is 0 Å². The van der Waals surface area contributed by atoms with Gasteiger partial charge in [-0.25, -0.2) is 9.97 Å². The fraction of sp³-hybridized carbons (Fsp3) is 0.0526. The van der Waals surface area contributed by atoms with Crippen molar-refractivity contribution >= 4 is 21.5 Å². The summed E-state index contributed by atoms with van der Waals surface area (Å²) >= 11 is 0. The molecule has 1 aromatic heterocycles. The van der Waals surface area contributed by atoms with Crippen molar-refractivity contribution in [2.75, 3.05) is 0 Å². The maximum atomic E-state index is 5.32. The summed E-state index contributed by atoms with van der Waals surface area (Å²) in [5, 5.41) is 4.96. The van der Waals surface area contributed by atoms with Crippen molar-refractivity contribution in [3.05, 3.63) is 217 Å². The zero-order chi connectivity index (χ0) is 39.5. The van der Waals surface area contributed by atoms with Gasteiger partial charge >= 0.3 is 0 Å². The summed E-state index contributed by atoms with van der Waals surface area (Å²) in [6.45, 7) is 4.73. The topological polar surface area (TPSA) is 25.8 Å². The molecule has 0 unspecified atom stereocenters. The van der Waals surface area contributed by atoms with Crippen molar-refractivity contribution in [3.63, 3.8) is 0 Å². The smallest absolute Gasteiger partial charge is 0.160 e. The monoisotopic (exact) mass is 752 g/mol. The number of fused-ring (bicyclic) bond motifs is 6. The Morgan fingerprint density at radius 1 is 0.322 bits per heavy atom. The van der Waals surface area contributed by atoms with E-state index in [2.05, 4.69) is 220 Å². The standard InChI is InChI=1S/C57H40N2/c1-57(2)51-34-30-41-17-9-10-18-46(41)55(51)50-31-29-44(35-52(50)57)45-32-33-49(48-20-12-11-19-47(45)48)54-36-53(42-25-21-39(22-26-42)37-13-5-3-6-14-37)58-56(59-54)43-27-23-40(24-28-43)38-15-7-4-8-16-38/h3-36H,1-2H3. The molecule has 0 amide bonds. The lowest BCUT2D eigenvalue weighted by Gasteiger charge is -2.22. The average Bonchev–Trinajstić information content (AvgIpc) is 3.54. The molecule has 278 valence electrons. The van der Waals surface area contributed by atoms with Crippen molar-refractivity contribution in [2.24, 2.45) is 0 Å². The Morgan fingerprint density at radius 3 is 1.49 bits per heavy atom. The highest BCUT2D eigenvalue weighted by Crippen LogP contribution is 2.52. The van der Waals surface area contributed by atoms with Crippen LogP contribution in [0.4, 0.5) is 0 Å². The van der Waals surface area contributed by atoms with Gasteiger partial charge in [0.25, 0.3) is 0 Å². The molecule has 2 heteroatoms. The van der Waals surface area contributed by atoms with Crippen LogP contribution < -0.4 is 0 Å². The minimum Gasteiger partial charge on any atom is -0.228 e. The molecule has 11 rings (SSSR count). The predicted molar refractivity (Wildman–Crippen MR) is 247 cm³/mol. The van der Waals surface area contributed by atoms with E-state index in [9.17, 15) is 0 Å². The van der Waals surface area contributed by atoms with E-state index in [1.807, 2.05) is 0 Å². The first-order chi connectivity index (χ1) is 29.0. The zero-order valence-corrected chi connectivity index (χ0v) is 33.0. The van der Waals surface area contributed by atoms with Gasteiger partial charge in [0.05, 0.1) is 11.4 Å².